The third kappa shape index (κ3) is 6.06. The zero-order chi connectivity index (χ0) is 11.8. The maximum Gasteiger partial charge on any atom is 0.304 e. The second-order valence-electron chi connectivity index (χ2n) is 3.45. The lowest BCUT2D eigenvalue weighted by Gasteiger charge is -2.22. The minimum atomic E-state index is -0.836. The Balaban J connectivity index is 3.89. The van der Waals surface area contributed by atoms with Crippen LogP contribution in [0.2, 0.25) is 0 Å². The van der Waals surface area contributed by atoms with Crippen molar-refractivity contribution in [3.8, 4) is 0 Å². The lowest BCUT2D eigenvalue weighted by Crippen LogP contribution is -2.39. The van der Waals surface area contributed by atoms with Crippen LogP contribution in [0, 0.1) is 0 Å². The van der Waals surface area contributed by atoms with Gasteiger partial charge in [0.1, 0.15) is 0 Å². The molecule has 0 aliphatic rings. The summed E-state index contributed by atoms with van der Waals surface area (Å²) in [5.41, 5.74) is 0. The number of aliphatic carboxylic acids is 1. The lowest BCUT2D eigenvalue weighted by atomic mass is 10.3. The van der Waals surface area contributed by atoms with Crippen molar-refractivity contribution in [3.05, 3.63) is 0 Å². The largest absolute Gasteiger partial charge is 0.481 e. The van der Waals surface area contributed by atoms with Gasteiger partial charge in [-0.25, -0.2) is 0 Å². The molecule has 0 aliphatic heterocycles. The summed E-state index contributed by atoms with van der Waals surface area (Å²) in [6, 6.07) is 0. The average Bonchev–Trinajstić information content (AvgIpc) is 2.16. The zero-order valence-electron chi connectivity index (χ0n) is 9.69. The highest BCUT2D eigenvalue weighted by Crippen LogP contribution is 1.93. The van der Waals surface area contributed by atoms with Gasteiger partial charge in [0.05, 0.1) is 13.0 Å². The quantitative estimate of drug-likeness (QED) is 0.663. The number of hydrogen-bond donors (Lipinski definition) is 1. The van der Waals surface area contributed by atoms with Gasteiger partial charge in [-0.15, -0.1) is 0 Å². The van der Waals surface area contributed by atoms with Crippen LogP contribution in [0.25, 0.3) is 0 Å². The molecule has 0 aliphatic carbocycles. The van der Waals surface area contributed by atoms with E-state index >= 15 is 0 Å². The molecule has 0 unspecified atom stereocenters. The number of carboxylic acid groups (broad SMARTS) is 1. The number of likely N-dealkylation sites (N-methyl/N-ethyl adjacent to an activating group) is 2. The molecule has 1 amide bonds. The average molecular weight is 216 g/mol. The Morgan fingerprint density at radius 2 is 1.73 bits per heavy atom. The molecule has 1 N–H and O–H groups in total. The van der Waals surface area contributed by atoms with Gasteiger partial charge in [0.25, 0.3) is 0 Å². The van der Waals surface area contributed by atoms with Crippen LogP contribution in [0.1, 0.15) is 20.3 Å². The number of amides is 1. The fourth-order valence-electron chi connectivity index (χ4n) is 1.27. The van der Waals surface area contributed by atoms with Crippen molar-refractivity contribution >= 4 is 11.9 Å². The van der Waals surface area contributed by atoms with Crippen molar-refractivity contribution < 1.29 is 14.7 Å². The van der Waals surface area contributed by atoms with E-state index in [0.717, 1.165) is 0 Å². The number of carbonyl (C=O) groups excluding carboxylic acids is 1. The van der Waals surface area contributed by atoms with E-state index in [-0.39, 0.29) is 18.9 Å². The minimum absolute atomic E-state index is 0.0490. The summed E-state index contributed by atoms with van der Waals surface area (Å²) < 4.78 is 0. The lowest BCUT2D eigenvalue weighted by molar-refractivity contribution is -0.138. The van der Waals surface area contributed by atoms with E-state index in [2.05, 4.69) is 0 Å². The number of rotatable bonds is 7. The molecular formula is C10H20N2O3. The summed E-state index contributed by atoms with van der Waals surface area (Å²) in [6.45, 7) is 5.94. The van der Waals surface area contributed by atoms with Crippen LogP contribution in [0.5, 0.6) is 0 Å². The van der Waals surface area contributed by atoms with E-state index < -0.39 is 5.97 Å². The van der Waals surface area contributed by atoms with Crippen LogP contribution in [0.3, 0.4) is 0 Å². The first-order valence-corrected chi connectivity index (χ1v) is 5.19. The predicted octanol–water partition coefficient (Wildman–Crippen LogP) is 0.261. The van der Waals surface area contributed by atoms with Crippen molar-refractivity contribution in [3.63, 3.8) is 0 Å². The molecule has 0 saturated heterocycles. The monoisotopic (exact) mass is 216 g/mol. The first kappa shape index (κ1) is 13.9. The normalized spacial score (nSPS) is 10.4. The fourth-order valence-corrected chi connectivity index (χ4v) is 1.27. The predicted molar refractivity (Wildman–Crippen MR) is 57.7 cm³/mol. The van der Waals surface area contributed by atoms with Crippen LogP contribution in [0.15, 0.2) is 0 Å². The molecule has 0 aromatic carbocycles. The summed E-state index contributed by atoms with van der Waals surface area (Å²) >= 11 is 0. The molecule has 0 heterocycles. The molecule has 5 heteroatoms. The minimum Gasteiger partial charge on any atom is -0.481 e. The summed E-state index contributed by atoms with van der Waals surface area (Å²) in [5.74, 6) is -0.787. The Hall–Kier alpha value is -1.10. The number of carboxylic acids is 1. The summed E-state index contributed by atoms with van der Waals surface area (Å²) in [4.78, 5) is 25.4. The second-order valence-corrected chi connectivity index (χ2v) is 3.45. The molecular weight excluding hydrogens is 196 g/mol. The van der Waals surface area contributed by atoms with Gasteiger partial charge in [0, 0.05) is 19.6 Å². The van der Waals surface area contributed by atoms with Gasteiger partial charge in [-0.1, -0.05) is 0 Å². The molecule has 0 fully saturated rings. The Morgan fingerprint density at radius 3 is 2.13 bits per heavy atom. The van der Waals surface area contributed by atoms with Crippen LogP contribution >= 0.6 is 0 Å². The molecule has 0 radical (unpaired) electrons. The Labute approximate surface area is 90.7 Å². The van der Waals surface area contributed by atoms with Gasteiger partial charge in [0.2, 0.25) is 5.91 Å². The molecule has 5 nitrogen and oxygen atoms in total. The van der Waals surface area contributed by atoms with E-state index in [9.17, 15) is 9.59 Å². The highest BCUT2D eigenvalue weighted by Gasteiger charge is 2.12. The van der Waals surface area contributed by atoms with Crippen molar-refractivity contribution in [2.75, 3.05) is 33.2 Å². The van der Waals surface area contributed by atoms with Crippen LogP contribution in [-0.4, -0.2) is 60.0 Å². The van der Waals surface area contributed by atoms with Gasteiger partial charge in [-0.3, -0.25) is 14.5 Å². The van der Waals surface area contributed by atoms with E-state index in [1.54, 1.807) is 16.8 Å². The third-order valence-corrected chi connectivity index (χ3v) is 2.23. The molecule has 0 saturated carbocycles. The van der Waals surface area contributed by atoms with Gasteiger partial charge in [-0.05, 0) is 20.9 Å². The van der Waals surface area contributed by atoms with Gasteiger partial charge >= 0.3 is 5.97 Å². The first-order chi connectivity index (χ1) is 7.01. The van der Waals surface area contributed by atoms with Crippen molar-refractivity contribution in [1.82, 2.24) is 9.80 Å². The standard InChI is InChI=1S/C10H20N2O3/c1-4-12(5-2)9(13)8-11(3)7-6-10(14)15/h4-8H2,1-3H3,(H,14,15). The topological polar surface area (TPSA) is 60.9 Å². The Kier molecular flexibility index (Phi) is 6.70. The fraction of sp³-hybridized carbons (Fsp3) is 0.800. The van der Waals surface area contributed by atoms with E-state index in [0.29, 0.717) is 19.6 Å². The van der Waals surface area contributed by atoms with E-state index in [4.69, 9.17) is 5.11 Å². The summed E-state index contributed by atoms with van der Waals surface area (Å²) in [5, 5.41) is 8.48. The Morgan fingerprint density at radius 1 is 1.20 bits per heavy atom. The first-order valence-electron chi connectivity index (χ1n) is 5.19. The Bertz CT molecular complexity index is 215. The van der Waals surface area contributed by atoms with Crippen molar-refractivity contribution in [2.24, 2.45) is 0 Å². The molecule has 0 bridgehead atoms. The molecule has 0 spiro atoms. The highest BCUT2D eigenvalue weighted by molar-refractivity contribution is 5.78. The maximum absolute atomic E-state index is 11.6. The van der Waals surface area contributed by atoms with Crippen molar-refractivity contribution in [1.29, 1.82) is 0 Å². The van der Waals surface area contributed by atoms with Crippen LogP contribution in [-0.2, 0) is 9.59 Å². The zero-order valence-corrected chi connectivity index (χ0v) is 9.69. The van der Waals surface area contributed by atoms with Crippen molar-refractivity contribution in [2.45, 2.75) is 20.3 Å². The SMILES string of the molecule is CCN(CC)C(=O)CN(C)CCC(=O)O. The maximum atomic E-state index is 11.6. The third-order valence-electron chi connectivity index (χ3n) is 2.23. The molecule has 0 rings (SSSR count). The van der Waals surface area contributed by atoms with Gasteiger partial charge in [0.15, 0.2) is 0 Å². The molecule has 0 aromatic rings. The van der Waals surface area contributed by atoms with E-state index in [1.165, 1.54) is 0 Å². The van der Waals surface area contributed by atoms with Gasteiger partial charge in [-0.2, -0.15) is 0 Å². The molecule has 15 heavy (non-hydrogen) atoms. The number of nitrogens with zero attached hydrogens (tertiary/aromatic N) is 2. The summed E-state index contributed by atoms with van der Waals surface area (Å²) in [6.07, 6.45) is 0.0715. The molecule has 88 valence electrons. The molecule has 0 aromatic heterocycles. The summed E-state index contributed by atoms with van der Waals surface area (Å²) in [7, 11) is 1.75. The van der Waals surface area contributed by atoms with Crippen LogP contribution < -0.4 is 0 Å². The highest BCUT2D eigenvalue weighted by atomic mass is 16.4. The van der Waals surface area contributed by atoms with Gasteiger partial charge < -0.3 is 10.0 Å². The number of carbonyl (C=O) groups is 2. The van der Waals surface area contributed by atoms with E-state index in [1.807, 2.05) is 13.8 Å². The molecule has 0 atom stereocenters. The van der Waals surface area contributed by atoms with Crippen LogP contribution in [0.4, 0.5) is 0 Å². The smallest absolute Gasteiger partial charge is 0.304 e. The second kappa shape index (κ2) is 7.23. The number of hydrogen-bond acceptors (Lipinski definition) is 3.